The topological polar surface area (TPSA) is 153 Å². The van der Waals surface area contributed by atoms with Crippen LogP contribution < -0.4 is 10.6 Å². The molecule has 4 N–H and O–H groups in total. The van der Waals surface area contributed by atoms with Gasteiger partial charge in [0.05, 0.1) is 17.5 Å². The number of rotatable bonds is 16. The van der Waals surface area contributed by atoms with Crippen molar-refractivity contribution >= 4 is 51.7 Å². The number of carbonyl (C=O) groups is 5. The van der Waals surface area contributed by atoms with E-state index in [1.54, 1.807) is 49.1 Å². The maximum Gasteiger partial charge on any atom is 0.335 e. The number of fused-ring (bicyclic) bond motifs is 1. The first kappa shape index (κ1) is 39.9. The van der Waals surface area contributed by atoms with Crippen molar-refractivity contribution in [3.05, 3.63) is 117 Å². The number of carbonyl (C=O) groups excluding carboxylic acids is 3. The summed E-state index contributed by atoms with van der Waals surface area (Å²) in [5, 5.41) is 25.0. The molecule has 1 heterocycles. The van der Waals surface area contributed by atoms with Crippen molar-refractivity contribution in [3.63, 3.8) is 0 Å². The van der Waals surface area contributed by atoms with E-state index in [1.807, 2.05) is 56.3 Å². The van der Waals surface area contributed by atoms with Gasteiger partial charge in [-0.15, -0.1) is 11.3 Å². The molecular weight excluding hydrogens is 703 g/mol. The number of thiophene rings is 1. The van der Waals surface area contributed by atoms with Gasteiger partial charge < -0.3 is 25.7 Å². The van der Waals surface area contributed by atoms with Crippen LogP contribution >= 0.6 is 11.3 Å². The van der Waals surface area contributed by atoms with Crippen molar-refractivity contribution < 1.29 is 34.2 Å². The number of carboxylic acid groups (broad SMARTS) is 2. The molecule has 284 valence electrons. The Morgan fingerprint density at radius 1 is 0.778 bits per heavy atom. The van der Waals surface area contributed by atoms with Crippen LogP contribution in [0.3, 0.4) is 0 Å². The summed E-state index contributed by atoms with van der Waals surface area (Å²) in [6.07, 6.45) is 6.14. The number of hydrogen-bond donors (Lipinski definition) is 4. The van der Waals surface area contributed by atoms with Crippen LogP contribution in [0.4, 0.5) is 10.7 Å². The number of carboxylic acids is 2. The number of aryl methyl sites for hydroxylation is 3. The van der Waals surface area contributed by atoms with Gasteiger partial charge in [0.2, 0.25) is 5.91 Å². The average molecular weight is 752 g/mol. The Morgan fingerprint density at radius 2 is 1.43 bits per heavy atom. The minimum atomic E-state index is -0.947. The summed E-state index contributed by atoms with van der Waals surface area (Å²) in [7, 11) is 0. The van der Waals surface area contributed by atoms with E-state index in [9.17, 15) is 29.1 Å². The Bertz CT molecular complexity index is 2000. The second kappa shape index (κ2) is 17.7. The molecule has 4 aromatic rings. The molecule has 5 rings (SSSR count). The van der Waals surface area contributed by atoms with Crippen molar-refractivity contribution in [2.24, 2.45) is 5.41 Å². The van der Waals surface area contributed by atoms with Crippen molar-refractivity contribution in [2.45, 2.75) is 98.1 Å². The molecule has 0 aliphatic heterocycles. The fraction of sp³-hybridized carbons (Fsp3) is 0.372. The van der Waals surface area contributed by atoms with Crippen molar-refractivity contribution in [1.29, 1.82) is 0 Å². The van der Waals surface area contributed by atoms with Gasteiger partial charge in [0, 0.05) is 35.1 Å². The van der Waals surface area contributed by atoms with Gasteiger partial charge in [-0.3, -0.25) is 19.2 Å². The van der Waals surface area contributed by atoms with Crippen molar-refractivity contribution in [3.8, 4) is 0 Å². The maximum absolute atomic E-state index is 13.9. The number of amides is 3. The Hall–Kier alpha value is -5.29. The number of hydrogen-bond acceptors (Lipinski definition) is 6. The fourth-order valence-corrected chi connectivity index (χ4v) is 8.16. The second-order valence-corrected chi connectivity index (χ2v) is 16.2. The molecule has 1 aliphatic carbocycles. The van der Waals surface area contributed by atoms with E-state index < -0.39 is 17.4 Å². The highest BCUT2D eigenvalue weighted by Gasteiger charge is 2.30. The summed E-state index contributed by atoms with van der Waals surface area (Å²) in [4.78, 5) is 66.1. The van der Waals surface area contributed by atoms with Crippen LogP contribution in [0, 0.1) is 5.41 Å². The molecule has 3 amide bonds. The molecule has 3 aromatic carbocycles. The van der Waals surface area contributed by atoms with Gasteiger partial charge >= 0.3 is 11.9 Å². The SMILES string of the molecule is CC(C)N(Cc1cccc(C(=O)Nc2sc3c(c2C(=O)Nc2ccc(CCCc4ccc(C(=O)O)cc4)cc2)CCCC3)c1)C(=O)CC(C)(C)CC(=O)O. The van der Waals surface area contributed by atoms with Crippen LogP contribution in [0.2, 0.25) is 0 Å². The van der Waals surface area contributed by atoms with Gasteiger partial charge in [0.15, 0.2) is 0 Å². The molecule has 1 aromatic heterocycles. The summed E-state index contributed by atoms with van der Waals surface area (Å²) < 4.78 is 0. The Labute approximate surface area is 320 Å². The van der Waals surface area contributed by atoms with Crippen molar-refractivity contribution in [1.82, 2.24) is 4.90 Å². The van der Waals surface area contributed by atoms with Crippen LogP contribution in [0.1, 0.15) is 118 Å². The second-order valence-electron chi connectivity index (χ2n) is 15.1. The molecular formula is C43H49N3O7S. The molecule has 1 aliphatic rings. The molecule has 0 unspecified atom stereocenters. The monoisotopic (exact) mass is 751 g/mol. The summed E-state index contributed by atoms with van der Waals surface area (Å²) in [6, 6.07) is 21.7. The Kier molecular flexibility index (Phi) is 13.1. The molecule has 0 bridgehead atoms. The highest BCUT2D eigenvalue weighted by atomic mass is 32.1. The Morgan fingerprint density at radius 3 is 2.06 bits per heavy atom. The zero-order chi connectivity index (χ0) is 39.0. The molecule has 11 heteroatoms. The van der Waals surface area contributed by atoms with E-state index in [0.717, 1.165) is 72.1 Å². The summed E-state index contributed by atoms with van der Waals surface area (Å²) in [6.45, 7) is 7.63. The fourth-order valence-electron chi connectivity index (χ4n) is 6.88. The van der Waals surface area contributed by atoms with E-state index in [-0.39, 0.29) is 48.7 Å². The van der Waals surface area contributed by atoms with Crippen LogP contribution in [0.15, 0.2) is 72.8 Å². The van der Waals surface area contributed by atoms with Crippen LogP contribution in [0.5, 0.6) is 0 Å². The van der Waals surface area contributed by atoms with E-state index in [1.165, 1.54) is 11.3 Å². The van der Waals surface area contributed by atoms with E-state index in [2.05, 4.69) is 10.6 Å². The predicted octanol–water partition coefficient (Wildman–Crippen LogP) is 8.63. The van der Waals surface area contributed by atoms with Crippen LogP contribution in [-0.4, -0.2) is 50.8 Å². The van der Waals surface area contributed by atoms with E-state index >= 15 is 0 Å². The largest absolute Gasteiger partial charge is 0.481 e. The third-order valence-electron chi connectivity index (χ3n) is 9.71. The highest BCUT2D eigenvalue weighted by molar-refractivity contribution is 7.17. The number of nitrogens with zero attached hydrogens (tertiary/aromatic N) is 1. The third-order valence-corrected chi connectivity index (χ3v) is 10.9. The number of nitrogens with one attached hydrogen (secondary N) is 2. The van der Waals surface area contributed by atoms with E-state index in [4.69, 9.17) is 5.11 Å². The quantitative estimate of drug-likeness (QED) is 0.0894. The first-order valence-electron chi connectivity index (χ1n) is 18.5. The van der Waals surface area contributed by atoms with E-state index in [0.29, 0.717) is 21.8 Å². The van der Waals surface area contributed by atoms with Gasteiger partial charge in [-0.1, -0.05) is 50.2 Å². The molecule has 0 atom stereocenters. The summed E-state index contributed by atoms with van der Waals surface area (Å²) >= 11 is 1.45. The highest BCUT2D eigenvalue weighted by Crippen LogP contribution is 2.39. The smallest absolute Gasteiger partial charge is 0.335 e. The van der Waals surface area contributed by atoms with Crippen LogP contribution in [0.25, 0.3) is 0 Å². The lowest BCUT2D eigenvalue weighted by Gasteiger charge is -2.31. The lowest BCUT2D eigenvalue weighted by atomic mass is 9.85. The number of anilines is 2. The maximum atomic E-state index is 13.9. The Balaban J connectivity index is 1.24. The molecule has 10 nitrogen and oxygen atoms in total. The first-order valence-corrected chi connectivity index (χ1v) is 19.3. The zero-order valence-electron chi connectivity index (χ0n) is 31.4. The van der Waals surface area contributed by atoms with Gasteiger partial charge in [0.25, 0.3) is 11.8 Å². The third kappa shape index (κ3) is 10.7. The minimum Gasteiger partial charge on any atom is -0.481 e. The summed E-state index contributed by atoms with van der Waals surface area (Å²) in [5.41, 5.74) is 5.09. The number of aliphatic carboxylic acids is 1. The minimum absolute atomic E-state index is 0.0871. The van der Waals surface area contributed by atoms with Gasteiger partial charge in [-0.2, -0.15) is 0 Å². The molecule has 0 radical (unpaired) electrons. The normalized spacial score (nSPS) is 12.5. The van der Waals surface area contributed by atoms with Crippen molar-refractivity contribution in [2.75, 3.05) is 10.6 Å². The van der Waals surface area contributed by atoms with Gasteiger partial charge in [0.1, 0.15) is 5.00 Å². The van der Waals surface area contributed by atoms with Gasteiger partial charge in [-0.25, -0.2) is 4.79 Å². The summed E-state index contributed by atoms with van der Waals surface area (Å²) in [5.74, 6) is -2.65. The molecule has 0 fully saturated rings. The zero-order valence-corrected chi connectivity index (χ0v) is 32.2. The lowest BCUT2D eigenvalue weighted by molar-refractivity contribution is -0.141. The number of benzene rings is 3. The number of aromatic carboxylic acids is 1. The molecule has 0 saturated carbocycles. The standard InChI is InChI=1S/C43H49N3O7S/c1-27(2)46(36(47)24-43(3,4)25-37(48)49)26-30-11-8-12-32(23-30)39(50)45-41-38(34-13-5-6-14-35(34)54-41)40(51)44-33-21-17-29(18-22-33)10-7-9-28-15-19-31(20-16-28)42(52)53/h8,11-12,15-23,27H,5-7,9-10,13-14,24-26H2,1-4H3,(H,44,51)(H,45,50)(H,48,49)(H,52,53). The van der Waals surface area contributed by atoms with Crippen LogP contribution in [-0.2, 0) is 41.8 Å². The average Bonchev–Trinajstić information content (AvgIpc) is 3.48. The first-order chi connectivity index (χ1) is 25.7. The molecule has 54 heavy (non-hydrogen) atoms. The molecule has 0 saturated heterocycles. The predicted molar refractivity (Wildman–Crippen MR) is 212 cm³/mol. The molecule has 0 spiro atoms. The van der Waals surface area contributed by atoms with Gasteiger partial charge in [-0.05, 0) is 123 Å². The lowest BCUT2D eigenvalue weighted by Crippen LogP contribution is -2.39.